The van der Waals surface area contributed by atoms with Gasteiger partial charge < -0.3 is 14.7 Å². The minimum atomic E-state index is 0.199. The Labute approximate surface area is 176 Å². The molecule has 1 aromatic heterocycles. The molecule has 1 saturated heterocycles. The third-order valence-electron chi connectivity index (χ3n) is 5.77. The fourth-order valence-corrected chi connectivity index (χ4v) is 5.21. The van der Waals surface area contributed by atoms with E-state index in [1.54, 1.807) is 11.3 Å². The molecule has 152 valence electrons. The summed E-state index contributed by atoms with van der Waals surface area (Å²) in [7, 11) is 5.97. The van der Waals surface area contributed by atoms with Crippen molar-refractivity contribution in [1.29, 1.82) is 0 Å². The smallest absolute Gasteiger partial charge is 0.277 e. The molecule has 0 bridgehead atoms. The molecule has 29 heavy (non-hydrogen) atoms. The second kappa shape index (κ2) is 8.51. The lowest BCUT2D eigenvalue weighted by Gasteiger charge is -2.23. The third kappa shape index (κ3) is 4.43. The molecule has 1 aliphatic heterocycles. The monoisotopic (exact) mass is 409 g/mol. The van der Waals surface area contributed by atoms with Gasteiger partial charge in [0.1, 0.15) is 6.04 Å². The van der Waals surface area contributed by atoms with Crippen molar-refractivity contribution in [2.75, 3.05) is 39.1 Å². The Bertz CT molecular complexity index is 949. The van der Waals surface area contributed by atoms with E-state index in [2.05, 4.69) is 47.4 Å². The number of amides is 1. The maximum atomic E-state index is 12.9. The van der Waals surface area contributed by atoms with Gasteiger partial charge >= 0.3 is 0 Å². The second-order valence-corrected chi connectivity index (χ2v) is 9.17. The molecule has 0 radical (unpaired) electrons. The van der Waals surface area contributed by atoms with Crippen LogP contribution in [-0.2, 0) is 11.3 Å². The average molecular weight is 410 g/mol. The molecule has 2 atom stereocenters. The van der Waals surface area contributed by atoms with E-state index in [4.69, 9.17) is 4.98 Å². The van der Waals surface area contributed by atoms with Crippen LogP contribution in [0.5, 0.6) is 0 Å². The number of likely N-dealkylation sites (tertiary alicyclic amines) is 1. The van der Waals surface area contributed by atoms with Crippen LogP contribution in [0.1, 0.15) is 29.5 Å². The molecule has 2 heterocycles. The molecule has 0 spiro atoms. The molecule has 1 N–H and O–H groups in total. The lowest BCUT2D eigenvalue weighted by atomic mass is 10.2. The van der Waals surface area contributed by atoms with E-state index < -0.39 is 0 Å². The number of likely N-dealkylation sites (N-methyl/N-ethyl adjacent to an activating group) is 1. The number of nitrogens with one attached hydrogen (secondary N) is 1. The number of fused-ring (bicyclic) bond motifs is 1. The molecule has 5 nitrogen and oxygen atoms in total. The first-order valence-corrected chi connectivity index (χ1v) is 11.0. The molecule has 0 saturated carbocycles. The molecule has 6 heteroatoms. The summed E-state index contributed by atoms with van der Waals surface area (Å²) in [5.41, 5.74) is 3.40. The Kier molecular flexibility index (Phi) is 5.83. The van der Waals surface area contributed by atoms with Gasteiger partial charge in [-0.3, -0.25) is 4.79 Å². The van der Waals surface area contributed by atoms with Crippen LogP contribution < -0.4 is 9.80 Å². The fraction of sp³-hybridized carbons (Fsp3) is 0.391. The Hall–Kier alpha value is -2.44. The Morgan fingerprint density at radius 1 is 1.14 bits per heavy atom. The first-order chi connectivity index (χ1) is 14.0. The third-order valence-corrected chi connectivity index (χ3v) is 6.92. The van der Waals surface area contributed by atoms with E-state index in [-0.39, 0.29) is 5.91 Å². The maximum Gasteiger partial charge on any atom is 0.277 e. The highest BCUT2D eigenvalue weighted by Crippen LogP contribution is 2.28. The molecule has 2 aromatic carbocycles. The van der Waals surface area contributed by atoms with Crippen LogP contribution in [-0.4, -0.2) is 50.0 Å². The van der Waals surface area contributed by atoms with E-state index >= 15 is 0 Å². The Morgan fingerprint density at radius 3 is 2.62 bits per heavy atom. The number of anilines is 1. The lowest BCUT2D eigenvalue weighted by molar-refractivity contribution is -0.910. The number of carbonyl (C=O) groups excluding carboxylic acids is 1. The van der Waals surface area contributed by atoms with Gasteiger partial charge in [0, 0.05) is 46.2 Å². The Morgan fingerprint density at radius 2 is 1.90 bits per heavy atom. The van der Waals surface area contributed by atoms with Crippen molar-refractivity contribution in [1.82, 2.24) is 9.88 Å². The molecule has 1 unspecified atom stereocenters. The van der Waals surface area contributed by atoms with Crippen molar-refractivity contribution < 1.29 is 9.69 Å². The number of benzene rings is 2. The summed E-state index contributed by atoms with van der Waals surface area (Å²) in [5, 5.41) is 1.17. The summed E-state index contributed by atoms with van der Waals surface area (Å²) in [6, 6.07) is 17.0. The fourth-order valence-electron chi connectivity index (χ4n) is 4.05. The SMILES string of the molecule is CN(Cc1ccc(N(C)C)cc1)C(=O)C[NH+]1CCC[C@@H]1c1nc2ccccc2s1. The topological polar surface area (TPSA) is 40.9 Å². The van der Waals surface area contributed by atoms with Gasteiger partial charge in [-0.15, -0.1) is 11.3 Å². The van der Waals surface area contributed by atoms with Crippen LogP contribution in [0.4, 0.5) is 5.69 Å². The number of para-hydroxylation sites is 1. The van der Waals surface area contributed by atoms with Crippen molar-refractivity contribution >= 4 is 33.1 Å². The number of rotatable bonds is 6. The number of nitrogens with zero attached hydrogens (tertiary/aromatic N) is 3. The molecule has 1 aliphatic rings. The maximum absolute atomic E-state index is 12.9. The standard InChI is InChI=1S/C23H28N4OS/c1-25(2)18-12-10-17(11-13-18)15-26(3)22(28)16-27-14-6-8-20(27)23-24-19-7-4-5-9-21(19)29-23/h4-5,7,9-13,20H,6,8,14-16H2,1-3H3/p+1/t20-/m1/s1. The van der Waals surface area contributed by atoms with Gasteiger partial charge in [-0.2, -0.15) is 0 Å². The summed E-state index contributed by atoms with van der Waals surface area (Å²) in [4.78, 5) is 23.0. The molecule has 0 aliphatic carbocycles. The van der Waals surface area contributed by atoms with Gasteiger partial charge in [0.25, 0.3) is 5.91 Å². The molecule has 3 aromatic rings. The van der Waals surface area contributed by atoms with Crippen molar-refractivity contribution in [2.24, 2.45) is 0 Å². The van der Waals surface area contributed by atoms with Gasteiger partial charge in [0.15, 0.2) is 11.6 Å². The predicted molar refractivity (Wildman–Crippen MR) is 120 cm³/mol. The largest absolute Gasteiger partial charge is 0.378 e. The molecular formula is C23H29N4OS+. The van der Waals surface area contributed by atoms with Crippen LogP contribution in [0.3, 0.4) is 0 Å². The van der Waals surface area contributed by atoms with Crippen molar-refractivity contribution in [3.8, 4) is 0 Å². The molecule has 1 fully saturated rings. The average Bonchev–Trinajstić information content (AvgIpc) is 3.34. The highest BCUT2D eigenvalue weighted by atomic mass is 32.1. The Balaban J connectivity index is 1.40. The van der Waals surface area contributed by atoms with Crippen LogP contribution in [0.2, 0.25) is 0 Å². The van der Waals surface area contributed by atoms with Crippen molar-refractivity contribution in [3.05, 3.63) is 59.1 Å². The number of carbonyl (C=O) groups is 1. The zero-order valence-electron chi connectivity index (χ0n) is 17.4. The normalized spacial score (nSPS) is 18.9. The van der Waals surface area contributed by atoms with Gasteiger partial charge in [0.2, 0.25) is 0 Å². The lowest BCUT2D eigenvalue weighted by Crippen LogP contribution is -3.11. The summed E-state index contributed by atoms with van der Waals surface area (Å²) in [5.74, 6) is 0.199. The number of quaternary nitrogens is 1. The van der Waals surface area contributed by atoms with Gasteiger partial charge in [-0.25, -0.2) is 4.98 Å². The quantitative estimate of drug-likeness (QED) is 0.681. The van der Waals surface area contributed by atoms with E-state index in [1.165, 1.54) is 20.3 Å². The van der Waals surface area contributed by atoms with E-state index in [0.717, 1.165) is 30.5 Å². The zero-order chi connectivity index (χ0) is 20.4. The first-order valence-electron chi connectivity index (χ1n) is 10.2. The van der Waals surface area contributed by atoms with Crippen LogP contribution in [0, 0.1) is 0 Å². The van der Waals surface area contributed by atoms with E-state index in [0.29, 0.717) is 19.1 Å². The molecule has 1 amide bonds. The number of hydrogen-bond acceptors (Lipinski definition) is 4. The summed E-state index contributed by atoms with van der Waals surface area (Å²) in [6.45, 7) is 2.22. The first kappa shape index (κ1) is 19.9. The number of thiazole rings is 1. The highest BCUT2D eigenvalue weighted by molar-refractivity contribution is 7.18. The van der Waals surface area contributed by atoms with Crippen molar-refractivity contribution in [3.63, 3.8) is 0 Å². The van der Waals surface area contributed by atoms with Gasteiger partial charge in [-0.1, -0.05) is 24.3 Å². The van der Waals surface area contributed by atoms with Crippen LogP contribution in [0.15, 0.2) is 48.5 Å². The molecular weight excluding hydrogens is 380 g/mol. The number of aromatic nitrogens is 1. The van der Waals surface area contributed by atoms with Gasteiger partial charge in [0.05, 0.1) is 16.8 Å². The van der Waals surface area contributed by atoms with Crippen LogP contribution in [0.25, 0.3) is 10.2 Å². The minimum absolute atomic E-state index is 0.199. The number of hydrogen-bond donors (Lipinski definition) is 1. The zero-order valence-corrected chi connectivity index (χ0v) is 18.2. The highest BCUT2D eigenvalue weighted by Gasteiger charge is 2.34. The minimum Gasteiger partial charge on any atom is -0.378 e. The second-order valence-electron chi connectivity index (χ2n) is 8.11. The van der Waals surface area contributed by atoms with Crippen molar-refractivity contribution in [2.45, 2.75) is 25.4 Å². The summed E-state index contributed by atoms with van der Waals surface area (Å²) >= 11 is 1.78. The van der Waals surface area contributed by atoms with Crippen LogP contribution >= 0.6 is 11.3 Å². The molecule has 4 rings (SSSR count). The summed E-state index contributed by atoms with van der Waals surface area (Å²) < 4.78 is 1.23. The van der Waals surface area contributed by atoms with E-state index in [9.17, 15) is 4.79 Å². The predicted octanol–water partition coefficient (Wildman–Crippen LogP) is 2.74. The van der Waals surface area contributed by atoms with E-state index in [1.807, 2.05) is 32.1 Å². The summed E-state index contributed by atoms with van der Waals surface area (Å²) in [6.07, 6.45) is 2.26. The van der Waals surface area contributed by atoms with Gasteiger partial charge in [-0.05, 0) is 29.8 Å².